The molecule has 0 unspecified atom stereocenters. The summed E-state index contributed by atoms with van der Waals surface area (Å²) in [6, 6.07) is 5.53. The van der Waals surface area contributed by atoms with Crippen molar-refractivity contribution in [2.75, 3.05) is 51.1 Å². The maximum atomic E-state index is 14.2. The van der Waals surface area contributed by atoms with E-state index in [2.05, 4.69) is 24.1 Å². The van der Waals surface area contributed by atoms with Crippen molar-refractivity contribution in [1.82, 2.24) is 14.5 Å². The Bertz CT molecular complexity index is 778. The molecule has 29 heavy (non-hydrogen) atoms. The number of carbonyl (C=O) groups is 1. The lowest BCUT2D eigenvalue weighted by molar-refractivity contribution is -0.119. The second-order valence-electron chi connectivity index (χ2n) is 8.16. The standard InChI is InChI=1S/C20H33FN4O3S/c1-16-12-17(2)14-24(13-16)11-7-10-22-20(26)15-25(29(27,28)23(3)4)19-9-6-5-8-18(19)21/h5-6,8-9,16-17H,7,10-15H2,1-4H3,(H,22,26)/t16-,17-/m0/s1. The molecule has 164 valence electrons. The van der Waals surface area contributed by atoms with Crippen LogP contribution in [0, 0.1) is 17.7 Å². The van der Waals surface area contributed by atoms with E-state index in [1.165, 1.54) is 44.8 Å². The third-order valence-corrected chi connectivity index (χ3v) is 6.87. The summed E-state index contributed by atoms with van der Waals surface area (Å²) >= 11 is 0. The molecule has 1 N–H and O–H groups in total. The molecule has 9 heteroatoms. The van der Waals surface area contributed by atoms with E-state index in [1.807, 2.05) is 0 Å². The Morgan fingerprint density at radius 2 is 1.83 bits per heavy atom. The average molecular weight is 429 g/mol. The number of hydrogen-bond donors (Lipinski definition) is 1. The predicted octanol–water partition coefficient (Wildman–Crippen LogP) is 1.92. The first-order valence-corrected chi connectivity index (χ1v) is 11.4. The summed E-state index contributed by atoms with van der Waals surface area (Å²) in [7, 11) is -1.31. The van der Waals surface area contributed by atoms with Crippen LogP contribution in [0.1, 0.15) is 26.7 Å². The second kappa shape index (κ2) is 10.4. The number of halogens is 1. The molecule has 0 radical (unpaired) electrons. The quantitative estimate of drug-likeness (QED) is 0.610. The fourth-order valence-corrected chi connectivity index (χ4v) is 4.90. The average Bonchev–Trinajstić information content (AvgIpc) is 2.63. The summed E-state index contributed by atoms with van der Waals surface area (Å²) in [6.07, 6.45) is 2.03. The molecule has 0 spiro atoms. The fourth-order valence-electron chi connectivity index (χ4n) is 3.83. The van der Waals surface area contributed by atoms with Crippen molar-refractivity contribution in [3.05, 3.63) is 30.1 Å². The molecule has 2 atom stereocenters. The van der Waals surface area contributed by atoms with Crippen LogP contribution in [0.4, 0.5) is 10.1 Å². The van der Waals surface area contributed by atoms with Crippen LogP contribution in [0.3, 0.4) is 0 Å². The molecular weight excluding hydrogens is 395 g/mol. The van der Waals surface area contributed by atoms with Crippen LogP contribution in [0.2, 0.25) is 0 Å². The molecule has 1 saturated heterocycles. The Hall–Kier alpha value is -1.71. The van der Waals surface area contributed by atoms with Crippen molar-refractivity contribution in [1.29, 1.82) is 0 Å². The maximum Gasteiger partial charge on any atom is 0.304 e. The summed E-state index contributed by atoms with van der Waals surface area (Å²) in [5, 5.41) is 2.76. The molecule has 0 aromatic heterocycles. The SMILES string of the molecule is C[C@H]1C[C@H](C)CN(CCCNC(=O)CN(c2ccccc2F)S(=O)(=O)N(C)C)C1. The van der Waals surface area contributed by atoms with Gasteiger partial charge >= 0.3 is 10.2 Å². The van der Waals surface area contributed by atoms with E-state index in [-0.39, 0.29) is 5.69 Å². The zero-order chi connectivity index (χ0) is 21.6. The van der Waals surface area contributed by atoms with Gasteiger partial charge in [-0.05, 0) is 43.4 Å². The normalized spacial score (nSPS) is 20.6. The largest absolute Gasteiger partial charge is 0.354 e. The number of benzene rings is 1. The fraction of sp³-hybridized carbons (Fsp3) is 0.650. The van der Waals surface area contributed by atoms with Gasteiger partial charge in [0.05, 0.1) is 5.69 Å². The topological polar surface area (TPSA) is 73.0 Å². The molecule has 1 heterocycles. The van der Waals surface area contributed by atoms with Gasteiger partial charge in [-0.15, -0.1) is 0 Å². The van der Waals surface area contributed by atoms with Gasteiger partial charge in [-0.25, -0.2) is 8.70 Å². The third kappa shape index (κ3) is 6.65. The molecule has 1 aromatic rings. The van der Waals surface area contributed by atoms with E-state index >= 15 is 0 Å². The van der Waals surface area contributed by atoms with Gasteiger partial charge in [-0.3, -0.25) is 4.79 Å². The minimum absolute atomic E-state index is 0.146. The van der Waals surface area contributed by atoms with E-state index in [4.69, 9.17) is 0 Å². The van der Waals surface area contributed by atoms with Gasteiger partial charge in [0.2, 0.25) is 5.91 Å². The van der Waals surface area contributed by atoms with Crippen LogP contribution >= 0.6 is 0 Å². The Labute approximate surface area is 174 Å². The molecular formula is C20H33FN4O3S. The number of para-hydroxylation sites is 1. The summed E-state index contributed by atoms with van der Waals surface area (Å²) in [5.41, 5.74) is -0.146. The number of hydrogen-bond acceptors (Lipinski definition) is 4. The first-order chi connectivity index (χ1) is 13.6. The molecule has 1 aromatic carbocycles. The summed E-state index contributed by atoms with van der Waals surface area (Å²) in [6.45, 7) is 7.52. The number of anilines is 1. The molecule has 0 bridgehead atoms. The zero-order valence-corrected chi connectivity index (χ0v) is 18.6. The predicted molar refractivity (Wildman–Crippen MR) is 113 cm³/mol. The Morgan fingerprint density at radius 3 is 2.41 bits per heavy atom. The number of piperidine rings is 1. The number of amides is 1. The minimum atomic E-state index is -4.01. The van der Waals surface area contributed by atoms with Crippen LogP contribution in [0.25, 0.3) is 0 Å². The molecule has 0 aliphatic carbocycles. The Balaban J connectivity index is 1.92. The minimum Gasteiger partial charge on any atom is -0.354 e. The zero-order valence-electron chi connectivity index (χ0n) is 17.8. The first kappa shape index (κ1) is 23.6. The molecule has 0 saturated carbocycles. The highest BCUT2D eigenvalue weighted by Crippen LogP contribution is 2.23. The summed E-state index contributed by atoms with van der Waals surface area (Å²) in [4.78, 5) is 14.8. The lowest BCUT2D eigenvalue weighted by atomic mass is 9.92. The summed E-state index contributed by atoms with van der Waals surface area (Å²) < 4.78 is 41.2. The van der Waals surface area contributed by atoms with Crippen LogP contribution in [-0.4, -0.2) is 70.3 Å². The number of carbonyl (C=O) groups excluding carboxylic acids is 1. The molecule has 1 amide bonds. The molecule has 1 fully saturated rings. The van der Waals surface area contributed by atoms with Gasteiger partial charge in [-0.2, -0.15) is 12.7 Å². The van der Waals surface area contributed by atoms with Gasteiger partial charge in [-0.1, -0.05) is 26.0 Å². The lowest BCUT2D eigenvalue weighted by Crippen LogP contribution is -2.46. The van der Waals surface area contributed by atoms with E-state index in [0.29, 0.717) is 18.4 Å². The Morgan fingerprint density at radius 1 is 1.21 bits per heavy atom. The first-order valence-electron chi connectivity index (χ1n) is 10.0. The number of likely N-dealkylation sites (tertiary alicyclic amines) is 1. The van der Waals surface area contributed by atoms with Crippen molar-refractivity contribution in [2.24, 2.45) is 11.8 Å². The van der Waals surface area contributed by atoms with Crippen LogP contribution in [0.15, 0.2) is 24.3 Å². The van der Waals surface area contributed by atoms with Gasteiger partial charge in [0.15, 0.2) is 0 Å². The molecule has 7 nitrogen and oxygen atoms in total. The smallest absolute Gasteiger partial charge is 0.304 e. The van der Waals surface area contributed by atoms with Crippen molar-refractivity contribution >= 4 is 21.8 Å². The highest BCUT2D eigenvalue weighted by atomic mass is 32.2. The lowest BCUT2D eigenvalue weighted by Gasteiger charge is -2.35. The Kier molecular flexibility index (Phi) is 8.42. The van der Waals surface area contributed by atoms with Gasteiger partial charge in [0, 0.05) is 33.7 Å². The van der Waals surface area contributed by atoms with Crippen molar-refractivity contribution in [3.63, 3.8) is 0 Å². The van der Waals surface area contributed by atoms with Crippen LogP contribution in [0.5, 0.6) is 0 Å². The molecule has 1 aliphatic rings. The van der Waals surface area contributed by atoms with Gasteiger partial charge in [0.25, 0.3) is 0 Å². The second-order valence-corrected chi connectivity index (χ2v) is 10.2. The van der Waals surface area contributed by atoms with Crippen LogP contribution in [-0.2, 0) is 15.0 Å². The number of nitrogens with zero attached hydrogens (tertiary/aromatic N) is 3. The summed E-state index contributed by atoms with van der Waals surface area (Å²) in [5.74, 6) is 0.205. The van der Waals surface area contributed by atoms with Gasteiger partial charge in [0.1, 0.15) is 12.4 Å². The van der Waals surface area contributed by atoms with Crippen molar-refractivity contribution < 1.29 is 17.6 Å². The van der Waals surface area contributed by atoms with E-state index in [9.17, 15) is 17.6 Å². The number of nitrogens with one attached hydrogen (secondary N) is 1. The number of rotatable bonds is 9. The highest BCUT2D eigenvalue weighted by molar-refractivity contribution is 7.90. The molecule has 1 aliphatic heterocycles. The van der Waals surface area contributed by atoms with Crippen LogP contribution < -0.4 is 9.62 Å². The third-order valence-electron chi connectivity index (χ3n) is 5.07. The maximum absolute atomic E-state index is 14.2. The van der Waals surface area contributed by atoms with E-state index < -0.39 is 28.5 Å². The van der Waals surface area contributed by atoms with Crippen molar-refractivity contribution in [2.45, 2.75) is 26.7 Å². The van der Waals surface area contributed by atoms with Gasteiger partial charge < -0.3 is 10.2 Å². The van der Waals surface area contributed by atoms with Crippen molar-refractivity contribution in [3.8, 4) is 0 Å². The monoisotopic (exact) mass is 428 g/mol. The highest BCUT2D eigenvalue weighted by Gasteiger charge is 2.29. The molecule has 2 rings (SSSR count). The van der Waals surface area contributed by atoms with E-state index in [1.54, 1.807) is 0 Å². The van der Waals surface area contributed by atoms with E-state index in [0.717, 1.165) is 34.7 Å².